The van der Waals surface area contributed by atoms with Crippen LogP contribution in [-0.2, 0) is 0 Å². The molecular formula is C20H21N5. The molecule has 0 aromatic carbocycles. The molecule has 3 aromatic rings. The van der Waals surface area contributed by atoms with E-state index in [0.717, 1.165) is 39.6 Å². The number of nitrogens with two attached hydrogens (primary N) is 1. The minimum Gasteiger partial charge on any atom is -0.382 e. The largest absolute Gasteiger partial charge is 0.382 e. The predicted molar refractivity (Wildman–Crippen MR) is 101 cm³/mol. The summed E-state index contributed by atoms with van der Waals surface area (Å²) in [5.74, 6) is 4.79. The molecule has 0 atom stereocenters. The van der Waals surface area contributed by atoms with Gasteiger partial charge in [-0.3, -0.25) is 4.40 Å². The van der Waals surface area contributed by atoms with Crippen LogP contribution in [0.5, 0.6) is 0 Å². The maximum absolute atomic E-state index is 6.19. The highest BCUT2D eigenvalue weighted by Gasteiger charge is 2.27. The Bertz CT molecular complexity index is 1020. The normalized spacial score (nSPS) is 15.3. The second-order valence-electron chi connectivity index (χ2n) is 6.57. The zero-order chi connectivity index (χ0) is 17.6. The summed E-state index contributed by atoms with van der Waals surface area (Å²) >= 11 is 0. The van der Waals surface area contributed by atoms with Crippen LogP contribution in [0.2, 0.25) is 0 Å². The Labute approximate surface area is 147 Å². The van der Waals surface area contributed by atoms with E-state index in [0.29, 0.717) is 11.7 Å². The van der Waals surface area contributed by atoms with Gasteiger partial charge >= 0.3 is 0 Å². The predicted octanol–water partition coefficient (Wildman–Crippen LogP) is 3.98. The van der Waals surface area contributed by atoms with E-state index in [-0.39, 0.29) is 0 Å². The van der Waals surface area contributed by atoms with Crippen LogP contribution in [0.3, 0.4) is 0 Å². The molecule has 0 saturated heterocycles. The average molecular weight is 331 g/mol. The Morgan fingerprint density at radius 2 is 2.28 bits per heavy atom. The number of terminal acetylenes is 1. The molecule has 0 aliphatic heterocycles. The van der Waals surface area contributed by atoms with Crippen molar-refractivity contribution in [3.63, 3.8) is 0 Å². The Morgan fingerprint density at radius 3 is 2.92 bits per heavy atom. The molecule has 5 heteroatoms. The third-order valence-corrected chi connectivity index (χ3v) is 5.14. The SMILES string of the molecule is C#Cc1cc(-c2nc(C3CCC3)n3ccnc(N)c23)[nH]c1/C(C)=C\C. The lowest BCUT2D eigenvalue weighted by molar-refractivity contribution is 0.400. The molecule has 4 rings (SSSR count). The summed E-state index contributed by atoms with van der Waals surface area (Å²) in [6.45, 7) is 4.04. The second-order valence-corrected chi connectivity index (χ2v) is 6.57. The van der Waals surface area contributed by atoms with Gasteiger partial charge in [-0.15, -0.1) is 6.42 Å². The molecule has 0 amide bonds. The summed E-state index contributed by atoms with van der Waals surface area (Å²) in [7, 11) is 0. The van der Waals surface area contributed by atoms with Gasteiger partial charge in [0.25, 0.3) is 0 Å². The molecule has 25 heavy (non-hydrogen) atoms. The molecule has 0 spiro atoms. The molecule has 5 nitrogen and oxygen atoms in total. The number of anilines is 1. The number of allylic oxidation sites excluding steroid dienone is 2. The van der Waals surface area contributed by atoms with E-state index in [1.165, 1.54) is 19.3 Å². The standard InChI is InChI=1S/C20H21N5/c1-4-12(3)16-13(5-2)11-15(23-16)17-18-19(21)22-9-10-25(18)20(24-17)14-7-6-8-14/h2,4,9-11,14,23H,6-8H2,1,3H3,(H2,21,22)/b12-4-. The van der Waals surface area contributed by atoms with Crippen LogP contribution in [0, 0.1) is 12.3 Å². The second kappa shape index (κ2) is 5.82. The number of hydrogen-bond donors (Lipinski definition) is 2. The van der Waals surface area contributed by atoms with Crippen LogP contribution in [0.15, 0.2) is 24.5 Å². The van der Waals surface area contributed by atoms with E-state index in [2.05, 4.69) is 20.3 Å². The summed E-state index contributed by atoms with van der Waals surface area (Å²) in [4.78, 5) is 12.6. The number of H-pyrrole nitrogens is 1. The number of hydrogen-bond acceptors (Lipinski definition) is 3. The van der Waals surface area contributed by atoms with Gasteiger partial charge < -0.3 is 10.7 Å². The zero-order valence-corrected chi connectivity index (χ0v) is 14.5. The number of fused-ring (bicyclic) bond motifs is 1. The number of nitrogens with zero attached hydrogens (tertiary/aromatic N) is 3. The Balaban J connectivity index is 1.96. The Kier molecular flexibility index (Phi) is 3.61. The minimum absolute atomic E-state index is 0.483. The number of aromatic amines is 1. The molecule has 0 bridgehead atoms. The monoisotopic (exact) mass is 331 g/mol. The molecule has 1 saturated carbocycles. The Hall–Kier alpha value is -3.00. The quantitative estimate of drug-likeness (QED) is 0.713. The lowest BCUT2D eigenvalue weighted by atomic mass is 9.85. The first-order valence-corrected chi connectivity index (χ1v) is 8.59. The third kappa shape index (κ3) is 2.33. The first kappa shape index (κ1) is 15.5. The van der Waals surface area contributed by atoms with Gasteiger partial charge in [-0.25, -0.2) is 9.97 Å². The number of aromatic nitrogens is 4. The van der Waals surface area contributed by atoms with Crippen LogP contribution in [0.4, 0.5) is 5.82 Å². The van der Waals surface area contributed by atoms with Gasteiger partial charge in [-0.1, -0.05) is 18.4 Å². The van der Waals surface area contributed by atoms with Gasteiger partial charge in [-0.05, 0) is 38.3 Å². The first-order chi connectivity index (χ1) is 12.1. The molecule has 126 valence electrons. The topological polar surface area (TPSA) is 72.0 Å². The molecule has 1 fully saturated rings. The number of nitrogens with one attached hydrogen (secondary N) is 1. The van der Waals surface area contributed by atoms with Crippen LogP contribution in [-0.4, -0.2) is 19.4 Å². The van der Waals surface area contributed by atoms with Gasteiger partial charge in [0, 0.05) is 18.3 Å². The summed E-state index contributed by atoms with van der Waals surface area (Å²) in [5, 5.41) is 0. The van der Waals surface area contributed by atoms with Crippen LogP contribution in [0.25, 0.3) is 22.5 Å². The maximum atomic E-state index is 6.19. The van der Waals surface area contributed by atoms with Gasteiger partial charge in [0.1, 0.15) is 22.9 Å². The van der Waals surface area contributed by atoms with Crippen molar-refractivity contribution >= 4 is 16.9 Å². The lowest BCUT2D eigenvalue weighted by Crippen LogP contribution is -2.12. The van der Waals surface area contributed by atoms with E-state index < -0.39 is 0 Å². The van der Waals surface area contributed by atoms with Crippen molar-refractivity contribution in [2.45, 2.75) is 39.0 Å². The van der Waals surface area contributed by atoms with E-state index in [1.54, 1.807) is 6.20 Å². The highest BCUT2D eigenvalue weighted by Crippen LogP contribution is 2.39. The summed E-state index contributed by atoms with van der Waals surface area (Å²) in [6.07, 6.45) is 15.0. The zero-order valence-electron chi connectivity index (χ0n) is 14.5. The van der Waals surface area contributed by atoms with Crippen molar-refractivity contribution in [1.82, 2.24) is 19.4 Å². The van der Waals surface area contributed by atoms with E-state index in [1.807, 2.05) is 32.2 Å². The maximum Gasteiger partial charge on any atom is 0.150 e. The minimum atomic E-state index is 0.483. The highest BCUT2D eigenvalue weighted by atomic mass is 15.1. The average Bonchev–Trinajstić information content (AvgIpc) is 3.15. The highest BCUT2D eigenvalue weighted by molar-refractivity contribution is 5.86. The van der Waals surface area contributed by atoms with Gasteiger partial charge in [0.15, 0.2) is 0 Å². The van der Waals surface area contributed by atoms with Crippen LogP contribution < -0.4 is 5.73 Å². The van der Waals surface area contributed by atoms with Gasteiger partial charge in [-0.2, -0.15) is 0 Å². The molecule has 1 aliphatic carbocycles. The molecule has 0 radical (unpaired) electrons. The van der Waals surface area contributed by atoms with Crippen molar-refractivity contribution in [3.05, 3.63) is 41.6 Å². The first-order valence-electron chi connectivity index (χ1n) is 8.59. The van der Waals surface area contributed by atoms with E-state index in [4.69, 9.17) is 17.1 Å². The fourth-order valence-electron chi connectivity index (χ4n) is 3.38. The molecule has 3 N–H and O–H groups in total. The molecular weight excluding hydrogens is 310 g/mol. The van der Waals surface area contributed by atoms with E-state index >= 15 is 0 Å². The molecule has 3 heterocycles. The van der Waals surface area contributed by atoms with E-state index in [9.17, 15) is 0 Å². The summed E-state index contributed by atoms with van der Waals surface area (Å²) in [6, 6.07) is 1.97. The van der Waals surface area contributed by atoms with Crippen molar-refractivity contribution in [1.29, 1.82) is 0 Å². The fraction of sp³-hybridized carbons (Fsp3) is 0.300. The molecule has 1 aliphatic rings. The summed E-state index contributed by atoms with van der Waals surface area (Å²) in [5.41, 5.74) is 11.6. The van der Waals surface area contributed by atoms with Crippen molar-refractivity contribution < 1.29 is 0 Å². The van der Waals surface area contributed by atoms with Crippen molar-refractivity contribution in [2.24, 2.45) is 0 Å². The van der Waals surface area contributed by atoms with Crippen LogP contribution in [0.1, 0.15) is 56.1 Å². The summed E-state index contributed by atoms with van der Waals surface area (Å²) < 4.78 is 2.08. The Morgan fingerprint density at radius 1 is 1.48 bits per heavy atom. The van der Waals surface area contributed by atoms with Crippen molar-refractivity contribution in [3.8, 4) is 23.7 Å². The number of imidazole rings is 1. The van der Waals surface area contributed by atoms with Gasteiger partial charge in [0.2, 0.25) is 0 Å². The molecule has 0 unspecified atom stereocenters. The third-order valence-electron chi connectivity index (χ3n) is 5.14. The van der Waals surface area contributed by atoms with Gasteiger partial charge in [0.05, 0.1) is 17.0 Å². The van der Waals surface area contributed by atoms with Crippen LogP contribution >= 0.6 is 0 Å². The lowest BCUT2D eigenvalue weighted by Gasteiger charge is -2.23. The smallest absolute Gasteiger partial charge is 0.150 e. The fourth-order valence-corrected chi connectivity index (χ4v) is 3.38. The number of nitrogen functional groups attached to an aromatic ring is 1. The van der Waals surface area contributed by atoms with Crippen molar-refractivity contribution in [2.75, 3.05) is 5.73 Å². The number of rotatable bonds is 3. The molecule has 3 aromatic heterocycles.